The van der Waals surface area contributed by atoms with Crippen LogP contribution in [0.2, 0.25) is 5.02 Å². The zero-order valence-corrected chi connectivity index (χ0v) is 14.5. The van der Waals surface area contributed by atoms with Crippen molar-refractivity contribution in [2.24, 2.45) is 10.7 Å². The number of para-hydroxylation sites is 1. The molecule has 5 heteroatoms. The van der Waals surface area contributed by atoms with Gasteiger partial charge in [0.05, 0.1) is 13.2 Å². The predicted molar refractivity (Wildman–Crippen MR) is 99.6 cm³/mol. The number of nitrogens with two attached hydrogens (primary N) is 1. The Morgan fingerprint density at radius 1 is 1.21 bits per heavy atom. The number of halogens is 1. The van der Waals surface area contributed by atoms with E-state index < -0.39 is 0 Å². The average Bonchev–Trinajstić information content (AvgIpc) is 3.36. The van der Waals surface area contributed by atoms with E-state index in [1.807, 2.05) is 42.5 Å². The van der Waals surface area contributed by atoms with E-state index in [-0.39, 0.29) is 5.41 Å². The highest BCUT2D eigenvalue weighted by atomic mass is 35.5. The molecule has 1 fully saturated rings. The highest BCUT2D eigenvalue weighted by Crippen LogP contribution is 2.50. The highest BCUT2D eigenvalue weighted by Gasteiger charge is 2.45. The molecule has 1 aliphatic carbocycles. The first-order chi connectivity index (χ1) is 11.6. The summed E-state index contributed by atoms with van der Waals surface area (Å²) in [5.74, 6) is 0.414. The molecular weight excluding hydrogens is 322 g/mol. The summed E-state index contributed by atoms with van der Waals surface area (Å²) in [6.07, 6.45) is 2.18. The molecule has 0 radical (unpaired) electrons. The summed E-state index contributed by atoms with van der Waals surface area (Å²) < 4.78 is 5.21. The second-order valence-corrected chi connectivity index (χ2v) is 6.58. The van der Waals surface area contributed by atoms with Gasteiger partial charge in [0.2, 0.25) is 0 Å². The Labute approximate surface area is 147 Å². The molecule has 3 N–H and O–H groups in total. The van der Waals surface area contributed by atoms with E-state index in [1.54, 1.807) is 7.11 Å². The van der Waals surface area contributed by atoms with Gasteiger partial charge in [0.25, 0.3) is 0 Å². The van der Waals surface area contributed by atoms with Crippen LogP contribution in [0.3, 0.4) is 0 Å². The third kappa shape index (κ3) is 3.71. The molecule has 0 saturated heterocycles. The zero-order chi connectivity index (χ0) is 17.0. The topological polar surface area (TPSA) is 59.6 Å². The van der Waals surface area contributed by atoms with E-state index in [0.717, 1.165) is 29.1 Å². The molecule has 1 aliphatic rings. The monoisotopic (exact) mass is 343 g/mol. The fraction of sp³-hybridized carbons (Fsp3) is 0.316. The number of benzene rings is 2. The third-order valence-corrected chi connectivity index (χ3v) is 4.76. The zero-order valence-electron chi connectivity index (χ0n) is 13.8. The van der Waals surface area contributed by atoms with Crippen molar-refractivity contribution in [3.8, 4) is 0 Å². The van der Waals surface area contributed by atoms with Crippen LogP contribution in [0.15, 0.2) is 53.5 Å². The maximum atomic E-state index is 6.34. The van der Waals surface area contributed by atoms with E-state index in [2.05, 4.69) is 16.4 Å². The molecule has 0 atom stereocenters. The SMILES string of the molecule is COCc1ccccc1NC(N)=NCC1(c2ccccc2Cl)CC1. The maximum Gasteiger partial charge on any atom is 0.193 e. The summed E-state index contributed by atoms with van der Waals surface area (Å²) in [5.41, 5.74) is 9.26. The number of nitrogens with one attached hydrogen (secondary N) is 1. The van der Waals surface area contributed by atoms with Gasteiger partial charge in [0.15, 0.2) is 5.96 Å². The average molecular weight is 344 g/mol. The fourth-order valence-corrected chi connectivity index (χ4v) is 3.23. The van der Waals surface area contributed by atoms with Crippen molar-refractivity contribution in [1.29, 1.82) is 0 Å². The van der Waals surface area contributed by atoms with E-state index >= 15 is 0 Å². The molecule has 0 bridgehead atoms. The van der Waals surface area contributed by atoms with E-state index in [1.165, 1.54) is 5.56 Å². The number of hydrogen-bond donors (Lipinski definition) is 2. The van der Waals surface area contributed by atoms with Gasteiger partial charge in [-0.1, -0.05) is 48.0 Å². The van der Waals surface area contributed by atoms with Gasteiger partial charge in [-0.2, -0.15) is 0 Å². The molecule has 2 aromatic carbocycles. The summed E-state index contributed by atoms with van der Waals surface area (Å²) in [6.45, 7) is 1.17. The quantitative estimate of drug-likeness (QED) is 0.617. The molecular formula is C19H22ClN3O. The lowest BCUT2D eigenvalue weighted by molar-refractivity contribution is 0.185. The second kappa shape index (κ2) is 7.24. The lowest BCUT2D eigenvalue weighted by Crippen LogP contribution is -2.25. The van der Waals surface area contributed by atoms with Crippen LogP contribution >= 0.6 is 11.6 Å². The van der Waals surface area contributed by atoms with Gasteiger partial charge in [-0.25, -0.2) is 0 Å². The third-order valence-electron chi connectivity index (χ3n) is 4.43. The van der Waals surface area contributed by atoms with E-state index in [9.17, 15) is 0 Å². The summed E-state index contributed by atoms with van der Waals surface area (Å²) >= 11 is 6.34. The van der Waals surface area contributed by atoms with Crippen LogP contribution in [-0.4, -0.2) is 19.6 Å². The summed E-state index contributed by atoms with van der Waals surface area (Å²) in [6, 6.07) is 15.9. The molecule has 0 unspecified atom stereocenters. The normalized spacial score (nSPS) is 16.0. The van der Waals surface area contributed by atoms with Gasteiger partial charge >= 0.3 is 0 Å². The van der Waals surface area contributed by atoms with Crippen LogP contribution in [0, 0.1) is 0 Å². The summed E-state index contributed by atoms with van der Waals surface area (Å²) in [4.78, 5) is 4.56. The Hall–Kier alpha value is -2.04. The van der Waals surface area contributed by atoms with Crippen LogP contribution in [0.25, 0.3) is 0 Å². The Morgan fingerprint density at radius 2 is 1.92 bits per heavy atom. The Balaban J connectivity index is 1.70. The van der Waals surface area contributed by atoms with Gasteiger partial charge in [-0.15, -0.1) is 0 Å². The number of ether oxygens (including phenoxy) is 1. The first-order valence-electron chi connectivity index (χ1n) is 8.03. The van der Waals surface area contributed by atoms with Crippen molar-refractivity contribution in [2.75, 3.05) is 19.0 Å². The number of anilines is 1. The first-order valence-corrected chi connectivity index (χ1v) is 8.41. The van der Waals surface area contributed by atoms with Crippen molar-refractivity contribution in [2.45, 2.75) is 24.9 Å². The van der Waals surface area contributed by atoms with Crippen LogP contribution in [0.1, 0.15) is 24.0 Å². The largest absolute Gasteiger partial charge is 0.380 e. The minimum absolute atomic E-state index is 0.0384. The van der Waals surface area contributed by atoms with Crippen LogP contribution in [-0.2, 0) is 16.8 Å². The fourth-order valence-electron chi connectivity index (χ4n) is 2.89. The lowest BCUT2D eigenvalue weighted by atomic mass is 9.96. The lowest BCUT2D eigenvalue weighted by Gasteiger charge is -2.16. The number of aliphatic imine (C=N–C) groups is 1. The van der Waals surface area contributed by atoms with Crippen molar-refractivity contribution in [1.82, 2.24) is 0 Å². The van der Waals surface area contributed by atoms with Crippen LogP contribution in [0.5, 0.6) is 0 Å². The predicted octanol–water partition coefficient (Wildman–Crippen LogP) is 3.94. The van der Waals surface area contributed by atoms with Crippen LogP contribution in [0.4, 0.5) is 5.69 Å². The van der Waals surface area contributed by atoms with Crippen LogP contribution < -0.4 is 11.1 Å². The molecule has 0 aliphatic heterocycles. The standard InChI is InChI=1S/C19H22ClN3O/c1-24-12-14-6-2-5-9-17(14)23-18(21)22-13-19(10-11-19)15-7-3-4-8-16(15)20/h2-9H,10-13H2,1H3,(H3,21,22,23). The van der Waals surface area contributed by atoms with Crippen molar-refractivity contribution in [3.05, 3.63) is 64.7 Å². The molecule has 0 heterocycles. The van der Waals surface area contributed by atoms with Gasteiger partial charge in [-0.05, 0) is 30.5 Å². The molecule has 1 saturated carbocycles. The molecule has 4 nitrogen and oxygen atoms in total. The van der Waals surface area contributed by atoms with Gasteiger partial charge in [0.1, 0.15) is 0 Å². The van der Waals surface area contributed by atoms with Gasteiger partial charge in [0, 0.05) is 28.8 Å². The molecule has 3 rings (SSSR count). The Bertz CT molecular complexity index is 741. The molecule has 0 spiro atoms. The van der Waals surface area contributed by atoms with Crippen molar-refractivity contribution in [3.63, 3.8) is 0 Å². The van der Waals surface area contributed by atoms with Crippen molar-refractivity contribution < 1.29 is 4.74 Å². The minimum atomic E-state index is 0.0384. The molecule has 2 aromatic rings. The minimum Gasteiger partial charge on any atom is -0.380 e. The second-order valence-electron chi connectivity index (χ2n) is 6.18. The van der Waals surface area contributed by atoms with Gasteiger partial charge < -0.3 is 15.8 Å². The molecule has 126 valence electrons. The molecule has 0 aromatic heterocycles. The van der Waals surface area contributed by atoms with Gasteiger partial charge in [-0.3, -0.25) is 4.99 Å². The molecule has 0 amide bonds. The maximum absolute atomic E-state index is 6.34. The Morgan fingerprint density at radius 3 is 2.62 bits per heavy atom. The van der Waals surface area contributed by atoms with E-state index in [4.69, 9.17) is 22.1 Å². The Kier molecular flexibility index (Phi) is 5.07. The van der Waals surface area contributed by atoms with E-state index in [0.29, 0.717) is 19.1 Å². The number of nitrogens with zero attached hydrogens (tertiary/aromatic N) is 1. The molecule has 24 heavy (non-hydrogen) atoms. The summed E-state index contributed by atoms with van der Waals surface area (Å²) in [7, 11) is 1.68. The van der Waals surface area contributed by atoms with Crippen molar-refractivity contribution >= 4 is 23.2 Å². The number of hydrogen-bond acceptors (Lipinski definition) is 2. The first kappa shape index (κ1) is 16.8. The smallest absolute Gasteiger partial charge is 0.193 e. The highest BCUT2D eigenvalue weighted by molar-refractivity contribution is 6.31. The number of methoxy groups -OCH3 is 1. The number of rotatable bonds is 6. The number of guanidine groups is 1. The summed E-state index contributed by atoms with van der Waals surface area (Å²) in [5, 5.41) is 3.98.